The van der Waals surface area contributed by atoms with Crippen molar-refractivity contribution in [3.8, 4) is 6.07 Å². The fourth-order valence-corrected chi connectivity index (χ4v) is 2.17. The molecule has 1 saturated carbocycles. The quantitative estimate of drug-likeness (QED) is 0.558. The first kappa shape index (κ1) is 12.5. The van der Waals surface area contributed by atoms with E-state index in [9.17, 15) is 0 Å². The highest BCUT2D eigenvalue weighted by atomic mass is 16.5. The zero-order chi connectivity index (χ0) is 10.9. The van der Waals surface area contributed by atoms with Crippen molar-refractivity contribution in [1.29, 1.82) is 5.26 Å². The predicted molar refractivity (Wildman–Crippen MR) is 60.5 cm³/mol. The number of nitrogens with one attached hydrogen (secondary N) is 1. The number of rotatable bonds is 5. The fourth-order valence-electron chi connectivity index (χ4n) is 2.17. The Bertz CT molecular complexity index is 200. The minimum absolute atomic E-state index is 0.203. The lowest BCUT2D eigenvalue weighted by Crippen LogP contribution is -2.37. The van der Waals surface area contributed by atoms with E-state index < -0.39 is 0 Å². The van der Waals surface area contributed by atoms with Crippen molar-refractivity contribution in [3.05, 3.63) is 0 Å². The molecule has 15 heavy (non-hydrogen) atoms. The van der Waals surface area contributed by atoms with E-state index in [-0.39, 0.29) is 5.92 Å². The Morgan fingerprint density at radius 3 is 2.87 bits per heavy atom. The molecular formula is C12H22N2O. The van der Waals surface area contributed by atoms with Gasteiger partial charge in [0, 0.05) is 19.2 Å². The smallest absolute Gasteiger partial charge is 0.0672 e. The number of hydrogen-bond acceptors (Lipinski definition) is 3. The molecule has 0 bridgehead atoms. The topological polar surface area (TPSA) is 45.0 Å². The molecule has 2 unspecified atom stereocenters. The summed E-state index contributed by atoms with van der Waals surface area (Å²) in [5.74, 6) is 0.203. The summed E-state index contributed by atoms with van der Waals surface area (Å²) in [6.07, 6.45) is 5.95. The van der Waals surface area contributed by atoms with Crippen molar-refractivity contribution in [2.24, 2.45) is 5.92 Å². The first-order valence-corrected chi connectivity index (χ1v) is 6.09. The van der Waals surface area contributed by atoms with Crippen molar-refractivity contribution in [3.63, 3.8) is 0 Å². The minimum atomic E-state index is 0.203. The van der Waals surface area contributed by atoms with E-state index in [0.717, 1.165) is 32.6 Å². The summed E-state index contributed by atoms with van der Waals surface area (Å²) >= 11 is 0. The Morgan fingerprint density at radius 1 is 1.33 bits per heavy atom. The second kappa shape index (κ2) is 7.67. The lowest BCUT2D eigenvalue weighted by atomic mass is 9.96. The van der Waals surface area contributed by atoms with Gasteiger partial charge in [0.25, 0.3) is 0 Å². The fraction of sp³-hybridized carbons (Fsp3) is 0.917. The second-order valence-corrected chi connectivity index (χ2v) is 4.13. The molecule has 0 spiro atoms. The van der Waals surface area contributed by atoms with E-state index in [1.54, 1.807) is 0 Å². The van der Waals surface area contributed by atoms with E-state index in [1.165, 1.54) is 19.3 Å². The molecule has 86 valence electrons. The van der Waals surface area contributed by atoms with Crippen LogP contribution >= 0.6 is 0 Å². The third kappa shape index (κ3) is 4.63. The van der Waals surface area contributed by atoms with E-state index in [4.69, 9.17) is 10.00 Å². The van der Waals surface area contributed by atoms with E-state index in [2.05, 4.69) is 11.4 Å². The molecule has 0 amide bonds. The monoisotopic (exact) mass is 210 g/mol. The van der Waals surface area contributed by atoms with Gasteiger partial charge in [0.05, 0.1) is 18.6 Å². The van der Waals surface area contributed by atoms with Crippen LogP contribution < -0.4 is 5.32 Å². The Hall–Kier alpha value is -0.590. The third-order valence-electron chi connectivity index (χ3n) is 3.04. The van der Waals surface area contributed by atoms with Crippen molar-refractivity contribution < 1.29 is 4.74 Å². The molecule has 0 aromatic rings. The van der Waals surface area contributed by atoms with Gasteiger partial charge in [-0.3, -0.25) is 0 Å². The molecule has 0 aliphatic heterocycles. The van der Waals surface area contributed by atoms with Crippen LogP contribution in [0.5, 0.6) is 0 Å². The van der Waals surface area contributed by atoms with Gasteiger partial charge in [-0.25, -0.2) is 0 Å². The van der Waals surface area contributed by atoms with Crippen LogP contribution in [0.25, 0.3) is 0 Å². The van der Waals surface area contributed by atoms with E-state index in [0.29, 0.717) is 6.04 Å². The largest absolute Gasteiger partial charge is 0.380 e. The average molecular weight is 210 g/mol. The molecule has 0 aromatic carbocycles. The van der Waals surface area contributed by atoms with Crippen LogP contribution in [0.2, 0.25) is 0 Å². The van der Waals surface area contributed by atoms with Crippen LogP contribution in [-0.2, 0) is 4.74 Å². The van der Waals surface area contributed by atoms with Crippen molar-refractivity contribution in [2.45, 2.75) is 45.1 Å². The van der Waals surface area contributed by atoms with Gasteiger partial charge in [-0.05, 0) is 19.8 Å². The molecule has 3 nitrogen and oxygen atoms in total. The van der Waals surface area contributed by atoms with Crippen LogP contribution in [0.3, 0.4) is 0 Å². The summed E-state index contributed by atoms with van der Waals surface area (Å²) in [5.41, 5.74) is 0. The van der Waals surface area contributed by atoms with Gasteiger partial charge in [0.2, 0.25) is 0 Å². The van der Waals surface area contributed by atoms with E-state index in [1.807, 2.05) is 6.92 Å². The molecule has 3 heteroatoms. The molecule has 0 radical (unpaired) electrons. The lowest BCUT2D eigenvalue weighted by molar-refractivity contribution is 0.144. The highest BCUT2D eigenvalue weighted by Crippen LogP contribution is 2.22. The zero-order valence-corrected chi connectivity index (χ0v) is 9.67. The Kier molecular flexibility index (Phi) is 6.38. The SMILES string of the molecule is CCOCCNC1CCCCCC1C#N. The maximum Gasteiger partial charge on any atom is 0.0672 e. The van der Waals surface area contributed by atoms with Crippen LogP contribution in [0, 0.1) is 17.2 Å². The molecule has 1 rings (SSSR count). The predicted octanol–water partition coefficient (Wildman–Crippen LogP) is 2.08. The maximum absolute atomic E-state index is 9.07. The molecule has 1 aliphatic rings. The summed E-state index contributed by atoms with van der Waals surface area (Å²) in [6.45, 7) is 4.40. The summed E-state index contributed by atoms with van der Waals surface area (Å²) in [6, 6.07) is 2.82. The van der Waals surface area contributed by atoms with Gasteiger partial charge >= 0.3 is 0 Å². The molecule has 1 aliphatic carbocycles. The first-order valence-electron chi connectivity index (χ1n) is 6.09. The summed E-state index contributed by atoms with van der Waals surface area (Å²) < 4.78 is 5.28. The van der Waals surface area contributed by atoms with E-state index >= 15 is 0 Å². The Labute approximate surface area is 92.8 Å². The van der Waals surface area contributed by atoms with Gasteiger partial charge in [-0.1, -0.05) is 19.3 Å². The maximum atomic E-state index is 9.07. The van der Waals surface area contributed by atoms with Crippen LogP contribution in [-0.4, -0.2) is 25.8 Å². The Balaban J connectivity index is 2.26. The normalized spacial score (nSPS) is 26.9. The molecule has 0 heterocycles. The molecule has 1 fully saturated rings. The summed E-state index contributed by atoms with van der Waals surface area (Å²) in [4.78, 5) is 0. The Morgan fingerprint density at radius 2 is 2.13 bits per heavy atom. The molecule has 0 saturated heterocycles. The number of nitrogens with zero attached hydrogens (tertiary/aromatic N) is 1. The third-order valence-corrected chi connectivity index (χ3v) is 3.04. The lowest BCUT2D eigenvalue weighted by Gasteiger charge is -2.20. The molecule has 0 aromatic heterocycles. The second-order valence-electron chi connectivity index (χ2n) is 4.13. The van der Waals surface area contributed by atoms with Gasteiger partial charge in [-0.2, -0.15) is 5.26 Å². The standard InChI is InChI=1S/C12H22N2O/c1-2-15-9-8-14-12-7-5-3-4-6-11(12)10-13/h11-12,14H,2-9H2,1H3. The van der Waals surface area contributed by atoms with Crippen LogP contribution in [0.4, 0.5) is 0 Å². The van der Waals surface area contributed by atoms with Crippen LogP contribution in [0.1, 0.15) is 39.0 Å². The van der Waals surface area contributed by atoms with Gasteiger partial charge in [0.1, 0.15) is 0 Å². The van der Waals surface area contributed by atoms with Gasteiger partial charge in [-0.15, -0.1) is 0 Å². The van der Waals surface area contributed by atoms with Crippen molar-refractivity contribution in [2.75, 3.05) is 19.8 Å². The highest BCUT2D eigenvalue weighted by molar-refractivity contribution is 4.93. The number of hydrogen-bond donors (Lipinski definition) is 1. The summed E-state index contributed by atoms with van der Waals surface area (Å²) in [5, 5.41) is 12.5. The molecular weight excluding hydrogens is 188 g/mol. The van der Waals surface area contributed by atoms with Crippen molar-refractivity contribution >= 4 is 0 Å². The minimum Gasteiger partial charge on any atom is -0.380 e. The number of nitriles is 1. The number of ether oxygens (including phenoxy) is 1. The highest BCUT2D eigenvalue weighted by Gasteiger charge is 2.22. The van der Waals surface area contributed by atoms with Gasteiger partial charge < -0.3 is 10.1 Å². The van der Waals surface area contributed by atoms with Gasteiger partial charge in [0.15, 0.2) is 0 Å². The molecule has 1 N–H and O–H groups in total. The molecule has 2 atom stereocenters. The first-order chi connectivity index (χ1) is 7.38. The zero-order valence-electron chi connectivity index (χ0n) is 9.67. The van der Waals surface area contributed by atoms with Crippen molar-refractivity contribution in [1.82, 2.24) is 5.32 Å². The van der Waals surface area contributed by atoms with Crippen LogP contribution in [0.15, 0.2) is 0 Å². The average Bonchev–Trinajstić information content (AvgIpc) is 2.49. The summed E-state index contributed by atoms with van der Waals surface area (Å²) in [7, 11) is 0.